The number of nitrogens with one attached hydrogen (secondary N) is 3. The van der Waals surface area contributed by atoms with Crippen LogP contribution < -0.4 is 16.2 Å². The average Bonchev–Trinajstić information content (AvgIpc) is 2.74. The lowest BCUT2D eigenvalue weighted by molar-refractivity contribution is -0.128. The third-order valence-electron chi connectivity index (χ3n) is 4.93. The molecule has 2 amide bonds. The molecule has 9 heteroatoms. The maximum absolute atomic E-state index is 12.4. The van der Waals surface area contributed by atoms with Crippen LogP contribution in [0.25, 0.3) is 10.8 Å². The number of rotatable bonds is 8. The number of carbonyl (C=O) groups is 2. The lowest BCUT2D eigenvalue weighted by Gasteiger charge is -2.26. The van der Waals surface area contributed by atoms with Crippen molar-refractivity contribution in [2.24, 2.45) is 0 Å². The Morgan fingerprint density at radius 2 is 1.97 bits per heavy atom. The number of fused-ring (bicyclic) bond motifs is 1. The van der Waals surface area contributed by atoms with E-state index in [4.69, 9.17) is 4.74 Å². The number of nitrogens with zero attached hydrogens (tertiary/aromatic N) is 2. The second-order valence-corrected chi connectivity index (χ2v) is 7.11. The van der Waals surface area contributed by atoms with Crippen LogP contribution in [0.3, 0.4) is 0 Å². The molecule has 2 aromatic rings. The van der Waals surface area contributed by atoms with Crippen molar-refractivity contribution in [1.82, 2.24) is 25.7 Å². The molecule has 0 aliphatic carbocycles. The normalized spacial score (nSPS) is 15.8. The van der Waals surface area contributed by atoms with Gasteiger partial charge in [-0.2, -0.15) is 5.10 Å². The van der Waals surface area contributed by atoms with Gasteiger partial charge in [-0.15, -0.1) is 0 Å². The zero-order valence-corrected chi connectivity index (χ0v) is 16.6. The zero-order valence-electron chi connectivity index (χ0n) is 16.6. The lowest BCUT2D eigenvalue weighted by atomic mass is 10.1. The van der Waals surface area contributed by atoms with Gasteiger partial charge < -0.3 is 15.4 Å². The summed E-state index contributed by atoms with van der Waals surface area (Å²) in [6.45, 7) is 6.48. The molecular weight excluding hydrogens is 374 g/mol. The molecule has 0 spiro atoms. The molecule has 9 nitrogen and oxygen atoms in total. The summed E-state index contributed by atoms with van der Waals surface area (Å²) in [7, 11) is 0. The maximum atomic E-state index is 12.4. The Bertz CT molecular complexity index is 907. The molecule has 1 aliphatic heterocycles. The van der Waals surface area contributed by atoms with Gasteiger partial charge in [-0.25, -0.2) is 5.10 Å². The van der Waals surface area contributed by atoms with Gasteiger partial charge in [0.2, 0.25) is 11.8 Å². The smallest absolute Gasteiger partial charge is 0.272 e. The Kier molecular flexibility index (Phi) is 7.31. The number of hydrogen-bond acceptors (Lipinski definition) is 6. The first-order valence-electron chi connectivity index (χ1n) is 9.88. The number of aromatic amines is 1. The fraction of sp³-hybridized carbons (Fsp3) is 0.500. The number of amides is 2. The largest absolute Gasteiger partial charge is 0.379 e. The van der Waals surface area contributed by atoms with Gasteiger partial charge in [-0.3, -0.25) is 19.3 Å². The van der Waals surface area contributed by atoms with Crippen LogP contribution >= 0.6 is 0 Å². The SMILES string of the molecule is C[C@H](NC(=O)Cc1n[nH]c(=O)c2ccccc12)C(=O)NCCCN1CCOCC1. The Morgan fingerprint density at radius 1 is 1.24 bits per heavy atom. The van der Waals surface area contributed by atoms with Crippen LogP contribution in [-0.2, 0) is 20.7 Å². The molecular formula is C20H27N5O4. The van der Waals surface area contributed by atoms with Gasteiger partial charge in [0.25, 0.3) is 5.56 Å². The monoisotopic (exact) mass is 401 g/mol. The van der Waals surface area contributed by atoms with E-state index in [9.17, 15) is 14.4 Å². The molecule has 1 atom stereocenters. The van der Waals surface area contributed by atoms with Crippen LogP contribution in [-0.4, -0.2) is 72.3 Å². The van der Waals surface area contributed by atoms with Crippen LogP contribution in [0.5, 0.6) is 0 Å². The van der Waals surface area contributed by atoms with E-state index in [1.54, 1.807) is 31.2 Å². The Hall–Kier alpha value is -2.78. The summed E-state index contributed by atoms with van der Waals surface area (Å²) in [5, 5.41) is 13.1. The first-order valence-corrected chi connectivity index (χ1v) is 9.88. The highest BCUT2D eigenvalue weighted by Crippen LogP contribution is 2.12. The average molecular weight is 401 g/mol. The number of benzene rings is 1. The third-order valence-corrected chi connectivity index (χ3v) is 4.93. The fourth-order valence-corrected chi connectivity index (χ4v) is 3.31. The van der Waals surface area contributed by atoms with Gasteiger partial charge in [0.05, 0.1) is 30.7 Å². The second-order valence-electron chi connectivity index (χ2n) is 7.11. The molecule has 29 heavy (non-hydrogen) atoms. The number of hydrogen-bond donors (Lipinski definition) is 3. The van der Waals surface area contributed by atoms with Crippen LogP contribution in [0.1, 0.15) is 19.0 Å². The highest BCUT2D eigenvalue weighted by Gasteiger charge is 2.17. The van der Waals surface area contributed by atoms with Crippen molar-refractivity contribution in [2.75, 3.05) is 39.4 Å². The van der Waals surface area contributed by atoms with E-state index in [1.165, 1.54) is 0 Å². The number of ether oxygens (including phenoxy) is 1. The van der Waals surface area contributed by atoms with E-state index in [2.05, 4.69) is 25.7 Å². The summed E-state index contributed by atoms with van der Waals surface area (Å²) >= 11 is 0. The molecule has 0 unspecified atom stereocenters. The van der Waals surface area contributed by atoms with Gasteiger partial charge in [-0.1, -0.05) is 18.2 Å². The van der Waals surface area contributed by atoms with E-state index >= 15 is 0 Å². The Labute approximate surface area is 168 Å². The molecule has 0 bridgehead atoms. The van der Waals surface area contributed by atoms with Crippen LogP contribution in [0.2, 0.25) is 0 Å². The number of carbonyl (C=O) groups excluding carboxylic acids is 2. The van der Waals surface area contributed by atoms with Crippen molar-refractivity contribution in [3.63, 3.8) is 0 Å². The fourth-order valence-electron chi connectivity index (χ4n) is 3.31. The number of aromatic nitrogens is 2. The molecule has 2 heterocycles. The first kappa shape index (κ1) is 20.9. The van der Waals surface area contributed by atoms with Crippen LogP contribution in [0, 0.1) is 0 Å². The van der Waals surface area contributed by atoms with Crippen LogP contribution in [0.4, 0.5) is 0 Å². The highest BCUT2D eigenvalue weighted by molar-refractivity contribution is 5.91. The molecule has 0 radical (unpaired) electrons. The summed E-state index contributed by atoms with van der Waals surface area (Å²) in [5.74, 6) is -0.551. The molecule has 1 aromatic heterocycles. The molecule has 0 saturated carbocycles. The predicted octanol–water partition coefficient (Wildman–Crippen LogP) is -0.191. The van der Waals surface area contributed by atoms with Crippen molar-refractivity contribution in [3.8, 4) is 0 Å². The Balaban J connectivity index is 1.44. The van der Waals surface area contributed by atoms with E-state index in [-0.39, 0.29) is 23.8 Å². The van der Waals surface area contributed by atoms with E-state index in [0.717, 1.165) is 39.3 Å². The molecule has 1 saturated heterocycles. The number of morpholine rings is 1. The van der Waals surface area contributed by atoms with Gasteiger partial charge in [0.15, 0.2) is 0 Å². The van der Waals surface area contributed by atoms with Gasteiger partial charge in [0.1, 0.15) is 6.04 Å². The predicted molar refractivity (Wildman–Crippen MR) is 109 cm³/mol. The lowest BCUT2D eigenvalue weighted by Crippen LogP contribution is -2.46. The minimum absolute atomic E-state index is 0.0219. The van der Waals surface area contributed by atoms with Crippen molar-refractivity contribution in [3.05, 3.63) is 40.3 Å². The molecule has 1 fully saturated rings. The van der Waals surface area contributed by atoms with Gasteiger partial charge in [-0.05, 0) is 26.0 Å². The summed E-state index contributed by atoms with van der Waals surface area (Å²) < 4.78 is 5.31. The number of H-pyrrole nitrogens is 1. The summed E-state index contributed by atoms with van der Waals surface area (Å²) in [5.41, 5.74) is 0.172. The molecule has 156 valence electrons. The first-order chi connectivity index (χ1) is 14.0. The maximum Gasteiger partial charge on any atom is 0.272 e. The van der Waals surface area contributed by atoms with Gasteiger partial charge >= 0.3 is 0 Å². The molecule has 1 aromatic carbocycles. The minimum atomic E-state index is -0.653. The molecule has 1 aliphatic rings. The zero-order chi connectivity index (χ0) is 20.6. The quantitative estimate of drug-likeness (QED) is 0.528. The topological polar surface area (TPSA) is 116 Å². The standard InChI is InChI=1S/C20H27N5O4/c1-14(19(27)21-7-4-8-25-9-11-29-12-10-25)22-18(26)13-17-15-5-2-3-6-16(15)20(28)24-23-17/h2-3,5-6,14H,4,7-13H2,1H3,(H,21,27)(H,22,26)(H,24,28)/t14-/m0/s1. The van der Waals surface area contributed by atoms with Gasteiger partial charge in [0, 0.05) is 25.0 Å². The molecule has 3 N–H and O–H groups in total. The molecule has 3 rings (SSSR count). The van der Waals surface area contributed by atoms with Crippen molar-refractivity contribution >= 4 is 22.6 Å². The van der Waals surface area contributed by atoms with E-state index in [1.807, 2.05) is 0 Å². The van der Waals surface area contributed by atoms with Crippen molar-refractivity contribution in [2.45, 2.75) is 25.8 Å². The minimum Gasteiger partial charge on any atom is -0.379 e. The highest BCUT2D eigenvalue weighted by atomic mass is 16.5. The van der Waals surface area contributed by atoms with Crippen molar-refractivity contribution < 1.29 is 14.3 Å². The second kappa shape index (κ2) is 10.1. The summed E-state index contributed by atoms with van der Waals surface area (Å²) in [6, 6.07) is 6.33. The van der Waals surface area contributed by atoms with E-state index < -0.39 is 6.04 Å². The summed E-state index contributed by atoms with van der Waals surface area (Å²) in [4.78, 5) is 38.7. The Morgan fingerprint density at radius 3 is 2.72 bits per heavy atom. The van der Waals surface area contributed by atoms with Crippen molar-refractivity contribution in [1.29, 1.82) is 0 Å². The third kappa shape index (κ3) is 5.85. The summed E-state index contributed by atoms with van der Waals surface area (Å²) in [6.07, 6.45) is 0.825. The van der Waals surface area contributed by atoms with Crippen LogP contribution in [0.15, 0.2) is 29.1 Å². The van der Waals surface area contributed by atoms with E-state index in [0.29, 0.717) is 23.0 Å².